The predicted octanol–water partition coefficient (Wildman–Crippen LogP) is 5.12. The first-order chi connectivity index (χ1) is 15.8. The third kappa shape index (κ3) is 5.93. The Bertz CT molecular complexity index is 992. The Hall–Kier alpha value is -2.88. The summed E-state index contributed by atoms with van der Waals surface area (Å²) in [7, 11) is 0. The molecule has 0 aliphatic carbocycles. The lowest BCUT2D eigenvalue weighted by atomic mass is 9.97. The molecular weight excluding hydrogens is 444 g/mol. The normalized spacial score (nSPS) is 15.8. The molecule has 0 spiro atoms. The summed E-state index contributed by atoms with van der Waals surface area (Å²) in [5, 5.41) is 3.32. The van der Waals surface area contributed by atoms with Gasteiger partial charge in [0, 0.05) is 55.5 Å². The van der Waals surface area contributed by atoms with Crippen molar-refractivity contribution in [2.45, 2.75) is 19.5 Å². The van der Waals surface area contributed by atoms with Gasteiger partial charge in [-0.3, -0.25) is 0 Å². The standard InChI is InChI=1S/C24H21F6N3/c25-19-4-1-16(22(28)8-19)7-15-11-32(13-17-2-5-20(26)9-23(17)29)31-33(12-15)14-18-3-6-21(27)10-24(18)30/h1-6,8-10,15,31H,7,11-14H2. The van der Waals surface area contributed by atoms with Crippen molar-refractivity contribution in [3.63, 3.8) is 0 Å². The number of benzene rings is 3. The highest BCUT2D eigenvalue weighted by atomic mass is 19.2. The number of hydrazine groups is 2. The van der Waals surface area contributed by atoms with E-state index in [1.54, 1.807) is 10.0 Å². The Balaban J connectivity index is 1.55. The lowest BCUT2D eigenvalue weighted by Crippen LogP contribution is -2.58. The van der Waals surface area contributed by atoms with Crippen molar-refractivity contribution in [3.05, 3.63) is 106 Å². The fourth-order valence-electron chi connectivity index (χ4n) is 4.00. The monoisotopic (exact) mass is 465 g/mol. The summed E-state index contributed by atoms with van der Waals surface area (Å²) in [5.41, 5.74) is 3.87. The summed E-state index contributed by atoms with van der Waals surface area (Å²) < 4.78 is 82.4. The molecule has 4 rings (SSSR count). The van der Waals surface area contributed by atoms with Crippen LogP contribution >= 0.6 is 0 Å². The zero-order valence-electron chi connectivity index (χ0n) is 17.5. The summed E-state index contributed by atoms with van der Waals surface area (Å²) in [6.07, 6.45) is 0.262. The molecule has 0 saturated carbocycles. The molecular formula is C24H21F6N3. The Morgan fingerprint density at radius 3 is 1.39 bits per heavy atom. The highest BCUT2D eigenvalue weighted by molar-refractivity contribution is 5.21. The van der Waals surface area contributed by atoms with Crippen LogP contribution in [0, 0.1) is 40.8 Å². The summed E-state index contributed by atoms with van der Waals surface area (Å²) in [4.78, 5) is 0. The topological polar surface area (TPSA) is 18.5 Å². The first-order valence-electron chi connectivity index (χ1n) is 10.3. The first kappa shape index (κ1) is 23.3. The molecule has 1 heterocycles. The maximum absolute atomic E-state index is 14.2. The molecule has 0 bridgehead atoms. The molecule has 1 N–H and O–H groups in total. The van der Waals surface area contributed by atoms with Crippen molar-refractivity contribution in [1.29, 1.82) is 0 Å². The summed E-state index contributed by atoms with van der Waals surface area (Å²) >= 11 is 0. The minimum atomic E-state index is -0.709. The maximum atomic E-state index is 14.2. The number of hydrogen-bond donors (Lipinski definition) is 1. The summed E-state index contributed by atoms with van der Waals surface area (Å²) in [6, 6.07) is 9.91. The second-order valence-corrected chi connectivity index (χ2v) is 8.14. The minimum absolute atomic E-state index is 0.0664. The van der Waals surface area contributed by atoms with Crippen molar-refractivity contribution in [3.8, 4) is 0 Å². The first-order valence-corrected chi connectivity index (χ1v) is 10.3. The van der Waals surface area contributed by atoms with Gasteiger partial charge in [0.2, 0.25) is 0 Å². The summed E-state index contributed by atoms with van der Waals surface area (Å²) in [6.45, 7) is 0.875. The fourth-order valence-corrected chi connectivity index (χ4v) is 4.00. The van der Waals surface area contributed by atoms with E-state index in [0.717, 1.165) is 30.3 Å². The van der Waals surface area contributed by atoms with Crippen molar-refractivity contribution < 1.29 is 26.3 Å². The van der Waals surface area contributed by atoms with Crippen LogP contribution in [0.1, 0.15) is 16.7 Å². The Labute approximate surface area is 187 Å². The molecule has 9 heteroatoms. The van der Waals surface area contributed by atoms with Crippen molar-refractivity contribution in [2.75, 3.05) is 13.1 Å². The van der Waals surface area contributed by atoms with Crippen LogP contribution in [0.4, 0.5) is 26.3 Å². The predicted molar refractivity (Wildman–Crippen MR) is 110 cm³/mol. The zero-order valence-corrected chi connectivity index (χ0v) is 17.5. The number of nitrogens with one attached hydrogen (secondary N) is 1. The molecule has 1 aliphatic rings. The third-order valence-corrected chi connectivity index (χ3v) is 5.52. The van der Waals surface area contributed by atoms with Gasteiger partial charge in [0.1, 0.15) is 34.9 Å². The number of hydrogen-bond acceptors (Lipinski definition) is 3. The average molecular weight is 465 g/mol. The highest BCUT2D eigenvalue weighted by Gasteiger charge is 2.27. The Morgan fingerprint density at radius 2 is 1.00 bits per heavy atom. The second-order valence-electron chi connectivity index (χ2n) is 8.14. The minimum Gasteiger partial charge on any atom is -0.226 e. The van der Waals surface area contributed by atoms with Gasteiger partial charge in [-0.05, 0) is 36.1 Å². The number of nitrogens with zero attached hydrogens (tertiary/aromatic N) is 2. The zero-order chi connectivity index (χ0) is 23.5. The molecule has 0 atom stereocenters. The number of halogens is 6. The van der Waals surface area contributed by atoms with Gasteiger partial charge in [-0.25, -0.2) is 36.4 Å². The molecule has 0 aromatic heterocycles. The van der Waals surface area contributed by atoms with Crippen LogP contribution < -0.4 is 5.53 Å². The van der Waals surface area contributed by atoms with Crippen molar-refractivity contribution >= 4 is 0 Å². The van der Waals surface area contributed by atoms with Crippen LogP contribution in [0.3, 0.4) is 0 Å². The molecule has 1 fully saturated rings. The molecule has 0 unspecified atom stereocenters. The van der Waals surface area contributed by atoms with Crippen molar-refractivity contribution in [2.24, 2.45) is 5.92 Å². The van der Waals surface area contributed by atoms with E-state index in [1.165, 1.54) is 24.3 Å². The van der Waals surface area contributed by atoms with Gasteiger partial charge in [0.25, 0.3) is 0 Å². The molecule has 1 saturated heterocycles. The van der Waals surface area contributed by atoms with Gasteiger partial charge < -0.3 is 0 Å². The second kappa shape index (κ2) is 9.94. The molecule has 3 aromatic rings. The van der Waals surface area contributed by atoms with Crippen LogP contribution in [-0.4, -0.2) is 23.1 Å². The van der Waals surface area contributed by atoms with Crippen LogP contribution in [0.15, 0.2) is 54.6 Å². The third-order valence-electron chi connectivity index (χ3n) is 5.52. The average Bonchev–Trinajstić information content (AvgIpc) is 2.74. The fraction of sp³-hybridized carbons (Fsp3) is 0.250. The van der Waals surface area contributed by atoms with Crippen LogP contribution in [0.2, 0.25) is 0 Å². The van der Waals surface area contributed by atoms with Gasteiger partial charge in [-0.1, -0.05) is 18.2 Å². The molecule has 0 radical (unpaired) electrons. The smallest absolute Gasteiger partial charge is 0.130 e. The molecule has 1 aliphatic heterocycles. The lowest BCUT2D eigenvalue weighted by Gasteiger charge is -2.41. The molecule has 33 heavy (non-hydrogen) atoms. The maximum Gasteiger partial charge on any atom is 0.130 e. The van der Waals surface area contributed by atoms with E-state index in [0.29, 0.717) is 18.7 Å². The van der Waals surface area contributed by atoms with Crippen LogP contribution in [0.5, 0.6) is 0 Å². The quantitative estimate of drug-likeness (QED) is 0.510. The SMILES string of the molecule is Fc1ccc(CC2CN(Cc3ccc(F)cc3F)NN(Cc3ccc(F)cc3F)C2)c(F)c1. The molecule has 174 valence electrons. The molecule has 3 aromatic carbocycles. The van der Waals surface area contributed by atoms with E-state index in [1.807, 2.05) is 0 Å². The van der Waals surface area contributed by atoms with Crippen LogP contribution in [-0.2, 0) is 19.5 Å². The van der Waals surface area contributed by atoms with Gasteiger partial charge in [0.05, 0.1) is 0 Å². The van der Waals surface area contributed by atoms with Crippen molar-refractivity contribution in [1.82, 2.24) is 15.6 Å². The van der Waals surface area contributed by atoms with Gasteiger partial charge >= 0.3 is 0 Å². The lowest BCUT2D eigenvalue weighted by molar-refractivity contribution is -0.0550. The van der Waals surface area contributed by atoms with Crippen LogP contribution in [0.25, 0.3) is 0 Å². The van der Waals surface area contributed by atoms with Gasteiger partial charge in [-0.15, -0.1) is 0 Å². The molecule has 0 amide bonds. The van der Waals surface area contributed by atoms with E-state index in [9.17, 15) is 26.3 Å². The van der Waals surface area contributed by atoms with Gasteiger partial charge in [-0.2, -0.15) is 5.53 Å². The highest BCUT2D eigenvalue weighted by Crippen LogP contribution is 2.22. The molecule has 3 nitrogen and oxygen atoms in total. The largest absolute Gasteiger partial charge is 0.226 e. The van der Waals surface area contributed by atoms with E-state index in [4.69, 9.17) is 0 Å². The Morgan fingerprint density at radius 1 is 0.606 bits per heavy atom. The van der Waals surface area contributed by atoms with E-state index >= 15 is 0 Å². The van der Waals surface area contributed by atoms with E-state index in [-0.39, 0.29) is 36.6 Å². The van der Waals surface area contributed by atoms with E-state index in [2.05, 4.69) is 5.53 Å². The van der Waals surface area contributed by atoms with E-state index < -0.39 is 34.9 Å². The number of rotatable bonds is 6. The Kier molecular flexibility index (Phi) is 7.02. The van der Waals surface area contributed by atoms with Gasteiger partial charge in [0.15, 0.2) is 0 Å². The summed E-state index contributed by atoms with van der Waals surface area (Å²) in [5.74, 6) is -4.33.